The van der Waals surface area contributed by atoms with Crippen molar-refractivity contribution in [2.24, 2.45) is 4.36 Å². The minimum atomic E-state index is -5.14. The van der Waals surface area contributed by atoms with Crippen LogP contribution >= 0.6 is 11.6 Å². The Morgan fingerprint density at radius 3 is 2.19 bits per heavy atom. The highest BCUT2D eigenvalue weighted by atomic mass is 35.5. The zero-order valence-electron chi connectivity index (χ0n) is 34.3. The number of fused-ring (bicyclic) bond motifs is 2. The third kappa shape index (κ3) is 10.2. The highest BCUT2D eigenvalue weighted by Gasteiger charge is 2.52. The molecule has 3 aliphatic rings. The van der Waals surface area contributed by atoms with E-state index in [1.165, 1.54) is 0 Å². The van der Waals surface area contributed by atoms with Crippen LogP contribution in [0.5, 0.6) is 6.01 Å². The Bertz CT molecular complexity index is 2060. The van der Waals surface area contributed by atoms with Crippen molar-refractivity contribution in [1.82, 2.24) is 14.5 Å². The average molecular weight is 874 g/mol. The number of pyridine rings is 1. The fraction of sp³-hybridized carbons (Fsp3) is 0.667. The Hall–Kier alpha value is -2.39. The highest BCUT2D eigenvalue weighted by molar-refractivity contribution is 7.93. The largest absolute Gasteiger partial charge is 0.474 e. The van der Waals surface area contributed by atoms with Gasteiger partial charge in [0.1, 0.15) is 24.5 Å². The van der Waals surface area contributed by atoms with Gasteiger partial charge in [0, 0.05) is 31.7 Å². The van der Waals surface area contributed by atoms with Gasteiger partial charge in [0.2, 0.25) is 0 Å². The number of benzene rings is 1. The lowest BCUT2D eigenvalue weighted by molar-refractivity contribution is -0.169. The smallest absolute Gasteiger partial charge is 0.456 e. The molecule has 4 heterocycles. The van der Waals surface area contributed by atoms with Gasteiger partial charge in [-0.1, -0.05) is 76.3 Å². The molecule has 18 heteroatoms. The minimum Gasteiger partial charge on any atom is -0.456 e. The normalized spacial score (nSPS) is 25.7. The molecule has 6 rings (SSSR count). The van der Waals surface area contributed by atoms with E-state index in [1.807, 2.05) is 28.8 Å². The van der Waals surface area contributed by atoms with Crippen molar-refractivity contribution in [3.63, 3.8) is 0 Å². The summed E-state index contributed by atoms with van der Waals surface area (Å²) in [7, 11) is -6.75. The summed E-state index contributed by atoms with van der Waals surface area (Å²) in [5.41, 5.74) is 3.50. The Labute approximate surface area is 341 Å². The summed E-state index contributed by atoms with van der Waals surface area (Å²) in [4.78, 5) is 21.3. The van der Waals surface area contributed by atoms with Crippen LogP contribution in [0.2, 0.25) is 48.8 Å². The quantitative estimate of drug-likeness (QED) is 0.130. The number of carbonyl (C=O) groups excluding carboxylic acids is 1. The predicted molar refractivity (Wildman–Crippen MR) is 221 cm³/mol. The summed E-state index contributed by atoms with van der Waals surface area (Å²) in [5.74, 6) is -2.18. The van der Waals surface area contributed by atoms with Crippen molar-refractivity contribution >= 4 is 54.8 Å². The van der Waals surface area contributed by atoms with Crippen LogP contribution in [-0.4, -0.2) is 103 Å². The first-order valence-corrected chi connectivity index (χ1v) is 28.6. The monoisotopic (exact) mass is 872 g/mol. The van der Waals surface area contributed by atoms with Crippen LogP contribution < -0.4 is 4.74 Å². The first-order chi connectivity index (χ1) is 26.4. The molecule has 0 N–H and O–H groups in total. The number of halogens is 4. The van der Waals surface area contributed by atoms with Crippen LogP contribution in [0.25, 0.3) is 22.4 Å². The van der Waals surface area contributed by atoms with Crippen molar-refractivity contribution in [3.8, 4) is 17.3 Å². The van der Waals surface area contributed by atoms with Crippen molar-refractivity contribution in [2.75, 3.05) is 26.1 Å². The average Bonchev–Trinajstić information content (AvgIpc) is 3.79. The number of aromatic nitrogens is 3. The molecular weight excluding hydrogens is 817 g/mol. The van der Waals surface area contributed by atoms with Gasteiger partial charge in [0.05, 0.1) is 39.8 Å². The topological polar surface area (TPSA) is 123 Å². The van der Waals surface area contributed by atoms with Gasteiger partial charge in [-0.2, -0.15) is 22.5 Å². The summed E-state index contributed by atoms with van der Waals surface area (Å²) < 4.78 is 88.3. The standard InChI is InChI=1S/C39H56ClF3N4O7SSi2/c1-38(2,3)57(8,9)54-31-22-52-33-30(21-51-34(31)33)53-37-44-29-20-28(40)32(45-35(29)47(37)23-50-18-19-56(5,6)7)26-12-10-24(11-13-26)25-14-16-27(17-15-25)55(4,49)46-36(48)39(41,42)43/h10-13,20,25,27,30-31,33-34H,14-19,21-23H2,1-9H3/t25?,27?,30-,31-,33-,34-,55?/m1/s1. The molecule has 316 valence electrons. The third-order valence-corrected chi connectivity index (χ3v) is 20.5. The Balaban J connectivity index is 1.20. The number of carbonyl (C=O) groups is 1. The van der Waals surface area contributed by atoms with Gasteiger partial charge in [-0.25, -0.2) is 9.19 Å². The van der Waals surface area contributed by atoms with Gasteiger partial charge in [-0.15, -0.1) is 0 Å². The molecule has 11 nitrogen and oxygen atoms in total. The molecular formula is C39H56ClF3N4O7SSi2. The number of ether oxygens (including phenoxy) is 4. The molecule has 1 aromatic carbocycles. The number of rotatable bonds is 12. The van der Waals surface area contributed by atoms with E-state index in [0.29, 0.717) is 73.4 Å². The van der Waals surface area contributed by atoms with Crippen LogP contribution in [0.3, 0.4) is 0 Å². The minimum absolute atomic E-state index is 0.0473. The summed E-state index contributed by atoms with van der Waals surface area (Å²) in [5, 5.41) is -0.125. The zero-order chi connectivity index (χ0) is 41.7. The van der Waals surface area contributed by atoms with Gasteiger partial charge < -0.3 is 23.4 Å². The molecule has 5 atom stereocenters. The molecule has 3 aromatic rings. The van der Waals surface area contributed by atoms with Crippen LogP contribution in [0.4, 0.5) is 13.2 Å². The van der Waals surface area contributed by atoms with Crippen LogP contribution in [0, 0.1) is 0 Å². The van der Waals surface area contributed by atoms with E-state index in [9.17, 15) is 22.2 Å². The van der Waals surface area contributed by atoms with Crippen LogP contribution in [0.15, 0.2) is 34.7 Å². The molecule has 57 heavy (non-hydrogen) atoms. The third-order valence-electron chi connectivity index (χ3n) is 11.8. The molecule has 1 saturated carbocycles. The second kappa shape index (κ2) is 16.6. The maximum absolute atomic E-state index is 13.0. The highest BCUT2D eigenvalue weighted by Crippen LogP contribution is 2.42. The summed E-state index contributed by atoms with van der Waals surface area (Å²) in [6.45, 7) is 19.5. The second-order valence-electron chi connectivity index (χ2n) is 18.4. The van der Waals surface area contributed by atoms with Gasteiger partial charge in [-0.3, -0.25) is 9.36 Å². The number of amides is 1. The zero-order valence-corrected chi connectivity index (χ0v) is 37.9. The van der Waals surface area contributed by atoms with Crippen molar-refractivity contribution in [1.29, 1.82) is 0 Å². The number of nitrogens with zero attached hydrogens (tertiary/aromatic N) is 4. The Morgan fingerprint density at radius 2 is 1.60 bits per heavy atom. The lowest BCUT2D eigenvalue weighted by Gasteiger charge is -2.39. The molecule has 0 radical (unpaired) electrons. The first-order valence-electron chi connectivity index (χ1n) is 19.6. The van der Waals surface area contributed by atoms with Gasteiger partial charge in [0.15, 0.2) is 20.1 Å². The number of imidazole rings is 1. The molecule has 2 aromatic heterocycles. The Morgan fingerprint density at radius 1 is 0.982 bits per heavy atom. The van der Waals surface area contributed by atoms with E-state index in [2.05, 4.69) is 57.9 Å². The van der Waals surface area contributed by atoms with Crippen LogP contribution in [0.1, 0.15) is 57.9 Å². The Kier molecular flexibility index (Phi) is 12.8. The van der Waals surface area contributed by atoms with Gasteiger partial charge in [0.25, 0.3) is 0 Å². The maximum Gasteiger partial charge on any atom is 0.474 e. The van der Waals surface area contributed by atoms with E-state index in [0.717, 1.165) is 23.4 Å². The fourth-order valence-electron chi connectivity index (χ4n) is 7.31. The van der Waals surface area contributed by atoms with E-state index in [4.69, 9.17) is 44.9 Å². The molecule has 0 bridgehead atoms. The molecule has 2 saturated heterocycles. The lowest BCUT2D eigenvalue weighted by atomic mass is 9.83. The SMILES string of the molecule is CC(C)(C)[Si](C)(C)O[C@@H]1CO[C@H]2[C@@H]1OC[C@H]2Oc1nc2cc(Cl)c(-c3ccc(C4CCC(S(C)(=O)=NC(=O)C(F)(F)F)CC4)cc3)nc2n1COCC[Si](C)(C)C. The van der Waals surface area contributed by atoms with E-state index < -0.39 is 49.6 Å². The van der Waals surface area contributed by atoms with Crippen molar-refractivity contribution < 1.29 is 45.5 Å². The molecule has 0 spiro atoms. The fourth-order valence-corrected chi connectivity index (χ4v) is 11.4. The number of hydrogen-bond acceptors (Lipinski definition) is 9. The summed E-state index contributed by atoms with van der Waals surface area (Å²) in [6.07, 6.45) is -3.12. The van der Waals surface area contributed by atoms with E-state index in [1.54, 1.807) is 6.07 Å². The van der Waals surface area contributed by atoms with Crippen LogP contribution in [-0.2, 0) is 39.9 Å². The first kappa shape index (κ1) is 44.2. The van der Waals surface area contributed by atoms with Crippen molar-refractivity contribution in [3.05, 3.63) is 40.9 Å². The van der Waals surface area contributed by atoms with Gasteiger partial charge >= 0.3 is 18.1 Å². The van der Waals surface area contributed by atoms with E-state index in [-0.39, 0.29) is 36.0 Å². The lowest BCUT2D eigenvalue weighted by Crippen LogP contribution is -2.47. The molecule has 1 aliphatic carbocycles. The maximum atomic E-state index is 13.0. The molecule has 3 fully saturated rings. The van der Waals surface area contributed by atoms with E-state index >= 15 is 0 Å². The molecule has 1 unspecified atom stereocenters. The predicted octanol–water partition coefficient (Wildman–Crippen LogP) is 9.21. The molecule has 2 aliphatic heterocycles. The van der Waals surface area contributed by atoms with Gasteiger partial charge in [-0.05, 0) is 67.4 Å². The number of alkyl halides is 3. The summed E-state index contributed by atoms with van der Waals surface area (Å²) in [6, 6.07) is 11.0. The van der Waals surface area contributed by atoms with Crippen molar-refractivity contribution in [2.45, 2.75) is 139 Å². The second-order valence-corrected chi connectivity index (χ2v) is 31.7. The number of hydrogen-bond donors (Lipinski definition) is 0. The molecule has 1 amide bonds. The summed E-state index contributed by atoms with van der Waals surface area (Å²) >= 11 is 6.87.